The number of carbonyl (C=O) groups is 2. The van der Waals surface area contributed by atoms with E-state index in [2.05, 4.69) is 13.8 Å². The van der Waals surface area contributed by atoms with E-state index < -0.39 is 33.2 Å². The van der Waals surface area contributed by atoms with Crippen LogP contribution in [0.15, 0.2) is 60.7 Å². The highest BCUT2D eigenvalue weighted by Gasteiger charge is 2.32. The number of nitrogens with zero attached hydrogens (tertiary/aromatic N) is 2. The third-order valence-electron chi connectivity index (χ3n) is 13.1. The summed E-state index contributed by atoms with van der Waals surface area (Å²) >= 11 is 0. The predicted octanol–water partition coefficient (Wildman–Crippen LogP) is 17.0. The molecular formula is C58H80N2O10. The molecule has 0 spiro atoms. The molecule has 0 amide bonds. The normalized spacial score (nSPS) is 11.1. The molecule has 4 aromatic rings. The Labute approximate surface area is 417 Å². The monoisotopic (exact) mass is 965 g/mol. The maximum atomic E-state index is 13.4. The standard InChI is InChI=1S/C58H80N2O10/c1-7-9-11-13-15-17-19-21-23-25-27-29-39-67-49-35-31-47(32-36-49)57(61)69-51-41-43(3)53(45(5)55(51)59(63)64)54-44(4)42-52(56(46(54)6)60(65)66)70-58(62)48-33-37-50(38-34-48)68-40-30-28-26-24-22-20-18-16-14-12-10-8-2/h31-38,41-42H,7-30,39-40H2,1-6H3. The van der Waals surface area contributed by atoms with Gasteiger partial charge in [-0.25, -0.2) is 9.59 Å². The number of benzene rings is 4. The SMILES string of the molecule is CCCCCCCCCCCCCCOc1ccc(C(=O)Oc2cc(C)c(-c3c(C)cc(OC(=O)c4ccc(OCCCCCCCCCCCCCC)cc4)c([N+](=O)[O-])c3C)c(C)c2[N+](=O)[O-])cc1. The Morgan fingerprint density at radius 1 is 0.429 bits per heavy atom. The zero-order chi connectivity index (χ0) is 50.7. The summed E-state index contributed by atoms with van der Waals surface area (Å²) in [4.78, 5) is 50.7. The largest absolute Gasteiger partial charge is 0.494 e. The van der Waals surface area contributed by atoms with E-state index in [1.165, 1.54) is 154 Å². The Balaban J connectivity index is 1.32. The Kier molecular flexibility index (Phi) is 25.5. The number of unbranched alkanes of at least 4 members (excludes halogenated alkanes) is 22. The molecule has 4 rings (SSSR count). The fraction of sp³-hybridized carbons (Fsp3) is 0.552. The Bertz CT molecular complexity index is 2100. The molecule has 4 aromatic carbocycles. The summed E-state index contributed by atoms with van der Waals surface area (Å²) in [5, 5.41) is 25.2. The lowest BCUT2D eigenvalue weighted by molar-refractivity contribution is -0.386. The zero-order valence-corrected chi connectivity index (χ0v) is 43.1. The van der Waals surface area contributed by atoms with E-state index >= 15 is 0 Å². The number of esters is 2. The van der Waals surface area contributed by atoms with Gasteiger partial charge in [0.05, 0.1) is 34.2 Å². The number of hydrogen-bond donors (Lipinski definition) is 0. The van der Waals surface area contributed by atoms with Crippen molar-refractivity contribution in [3.05, 3.63) is 114 Å². The lowest BCUT2D eigenvalue weighted by Crippen LogP contribution is -2.12. The Morgan fingerprint density at radius 3 is 0.971 bits per heavy atom. The molecule has 0 aromatic heterocycles. The molecule has 0 radical (unpaired) electrons. The van der Waals surface area contributed by atoms with Crippen molar-refractivity contribution < 1.29 is 38.4 Å². The van der Waals surface area contributed by atoms with E-state index in [-0.39, 0.29) is 33.8 Å². The second-order valence-electron chi connectivity index (χ2n) is 18.9. The molecule has 0 saturated heterocycles. The Morgan fingerprint density at radius 2 is 0.700 bits per heavy atom. The van der Waals surface area contributed by atoms with Crippen LogP contribution in [0.1, 0.15) is 211 Å². The molecule has 12 heteroatoms. The van der Waals surface area contributed by atoms with Crippen LogP contribution in [-0.2, 0) is 0 Å². The molecule has 382 valence electrons. The molecule has 0 N–H and O–H groups in total. The summed E-state index contributed by atoms with van der Waals surface area (Å²) in [6.45, 7) is 12.0. The fourth-order valence-electron chi connectivity index (χ4n) is 9.21. The number of ether oxygens (including phenoxy) is 4. The van der Waals surface area contributed by atoms with Gasteiger partial charge in [0.25, 0.3) is 0 Å². The van der Waals surface area contributed by atoms with E-state index in [0.717, 1.165) is 25.7 Å². The Hall–Kier alpha value is -5.78. The fourth-order valence-corrected chi connectivity index (χ4v) is 9.21. The number of aryl methyl sites for hydroxylation is 2. The zero-order valence-electron chi connectivity index (χ0n) is 43.1. The van der Waals surface area contributed by atoms with Crippen LogP contribution in [0, 0.1) is 47.9 Å². The van der Waals surface area contributed by atoms with Crippen molar-refractivity contribution in [1.82, 2.24) is 0 Å². The van der Waals surface area contributed by atoms with Crippen LogP contribution in [0.3, 0.4) is 0 Å². The second kappa shape index (κ2) is 31.4. The van der Waals surface area contributed by atoms with E-state index in [4.69, 9.17) is 18.9 Å². The number of rotatable bonds is 35. The molecule has 0 unspecified atom stereocenters. The van der Waals surface area contributed by atoms with Gasteiger partial charge in [0.15, 0.2) is 0 Å². The molecule has 70 heavy (non-hydrogen) atoms. The van der Waals surface area contributed by atoms with Gasteiger partial charge in [-0.15, -0.1) is 0 Å². The molecule has 12 nitrogen and oxygen atoms in total. The molecule has 0 aliphatic carbocycles. The van der Waals surface area contributed by atoms with Gasteiger partial charge < -0.3 is 18.9 Å². The lowest BCUT2D eigenvalue weighted by Gasteiger charge is -2.19. The first kappa shape index (κ1) is 56.8. The van der Waals surface area contributed by atoms with Crippen LogP contribution in [0.5, 0.6) is 23.0 Å². The quantitative estimate of drug-likeness (QED) is 0.0143. The molecule has 0 bridgehead atoms. The topological polar surface area (TPSA) is 157 Å². The second-order valence-corrected chi connectivity index (χ2v) is 18.9. The first-order valence-corrected chi connectivity index (χ1v) is 26.3. The van der Waals surface area contributed by atoms with E-state index in [1.807, 2.05) is 0 Å². The summed E-state index contributed by atoms with van der Waals surface area (Å²) in [5.74, 6) is -0.848. The van der Waals surface area contributed by atoms with E-state index in [9.17, 15) is 29.8 Å². The number of nitro benzene ring substituents is 2. The van der Waals surface area contributed by atoms with Gasteiger partial charge in [0, 0.05) is 11.1 Å². The van der Waals surface area contributed by atoms with Crippen LogP contribution < -0.4 is 18.9 Å². The minimum Gasteiger partial charge on any atom is -0.494 e. The van der Waals surface area contributed by atoms with Crippen molar-refractivity contribution in [3.63, 3.8) is 0 Å². The first-order valence-electron chi connectivity index (χ1n) is 26.3. The molecular weight excluding hydrogens is 885 g/mol. The minimum atomic E-state index is -0.784. The van der Waals surface area contributed by atoms with Crippen LogP contribution in [0.25, 0.3) is 11.1 Å². The highest BCUT2D eigenvalue weighted by molar-refractivity contribution is 5.94. The lowest BCUT2D eigenvalue weighted by atomic mass is 9.87. The minimum absolute atomic E-state index is 0.153. The number of nitro groups is 2. The van der Waals surface area contributed by atoms with Crippen molar-refractivity contribution in [2.45, 2.75) is 196 Å². The van der Waals surface area contributed by atoms with Crippen molar-refractivity contribution >= 4 is 23.3 Å². The van der Waals surface area contributed by atoms with Crippen LogP contribution >= 0.6 is 0 Å². The van der Waals surface area contributed by atoms with Crippen LogP contribution in [0.2, 0.25) is 0 Å². The van der Waals surface area contributed by atoms with Gasteiger partial charge in [-0.3, -0.25) is 20.2 Å². The molecule has 0 saturated carbocycles. The number of carbonyl (C=O) groups excluding carboxylic acids is 2. The van der Waals surface area contributed by atoms with Crippen molar-refractivity contribution in [2.75, 3.05) is 13.2 Å². The molecule has 0 heterocycles. The van der Waals surface area contributed by atoms with Gasteiger partial charge in [-0.1, -0.05) is 155 Å². The summed E-state index contributed by atoms with van der Waals surface area (Å²) in [6.07, 6.45) is 30.1. The summed E-state index contributed by atoms with van der Waals surface area (Å²) in [6, 6.07) is 15.7. The summed E-state index contributed by atoms with van der Waals surface area (Å²) in [7, 11) is 0. The third-order valence-corrected chi connectivity index (χ3v) is 13.1. The van der Waals surface area contributed by atoms with Gasteiger partial charge in [0.1, 0.15) is 11.5 Å². The van der Waals surface area contributed by atoms with Gasteiger partial charge in [0.2, 0.25) is 11.5 Å². The summed E-state index contributed by atoms with van der Waals surface area (Å²) in [5.41, 5.74) is 1.50. The average Bonchev–Trinajstić information content (AvgIpc) is 3.32. The van der Waals surface area contributed by atoms with Crippen molar-refractivity contribution in [2.24, 2.45) is 0 Å². The van der Waals surface area contributed by atoms with Gasteiger partial charge >= 0.3 is 23.3 Å². The van der Waals surface area contributed by atoms with Crippen LogP contribution in [0.4, 0.5) is 11.4 Å². The maximum Gasteiger partial charge on any atom is 0.343 e. The predicted molar refractivity (Wildman–Crippen MR) is 280 cm³/mol. The maximum absolute atomic E-state index is 13.4. The van der Waals surface area contributed by atoms with Crippen LogP contribution in [-0.4, -0.2) is 35.0 Å². The molecule has 0 aliphatic heterocycles. The molecule has 0 atom stereocenters. The highest BCUT2D eigenvalue weighted by Crippen LogP contribution is 2.46. The van der Waals surface area contributed by atoms with Crippen molar-refractivity contribution in [1.29, 1.82) is 0 Å². The van der Waals surface area contributed by atoms with Crippen molar-refractivity contribution in [3.8, 4) is 34.1 Å². The van der Waals surface area contributed by atoms with E-state index in [1.54, 1.807) is 62.4 Å². The molecule has 0 aliphatic rings. The smallest absolute Gasteiger partial charge is 0.343 e. The third kappa shape index (κ3) is 18.5. The highest BCUT2D eigenvalue weighted by atomic mass is 16.6. The van der Waals surface area contributed by atoms with Gasteiger partial charge in [-0.2, -0.15) is 0 Å². The summed E-state index contributed by atoms with van der Waals surface area (Å²) < 4.78 is 23.1. The molecule has 0 fully saturated rings. The number of hydrogen-bond acceptors (Lipinski definition) is 10. The first-order chi connectivity index (χ1) is 33.9. The van der Waals surface area contributed by atoms with Gasteiger partial charge in [-0.05, 0) is 123 Å². The van der Waals surface area contributed by atoms with E-state index in [0.29, 0.717) is 47.0 Å². The average molecular weight is 965 g/mol.